The van der Waals surface area contributed by atoms with E-state index in [1.165, 1.54) is 0 Å². The molecule has 0 aromatic heterocycles. The highest BCUT2D eigenvalue weighted by Crippen LogP contribution is 2.48. The standard InChI is InChI=1S/C14H16O4/c1-8-10(4-5-12-14(8)18-7-17-12)11(6-13(15)16)9-2-3-9/h4-5,9,11H,2-3,6-7H2,1H3,(H,15,16). The van der Waals surface area contributed by atoms with Gasteiger partial charge < -0.3 is 14.6 Å². The third-order valence-electron chi connectivity index (χ3n) is 3.81. The van der Waals surface area contributed by atoms with Crippen molar-refractivity contribution in [2.24, 2.45) is 5.92 Å². The zero-order valence-corrected chi connectivity index (χ0v) is 10.3. The van der Waals surface area contributed by atoms with Crippen molar-refractivity contribution >= 4 is 5.97 Å². The highest BCUT2D eigenvalue weighted by Gasteiger charge is 2.35. The molecule has 1 fully saturated rings. The van der Waals surface area contributed by atoms with Gasteiger partial charge in [0, 0.05) is 0 Å². The van der Waals surface area contributed by atoms with E-state index in [4.69, 9.17) is 14.6 Å². The van der Waals surface area contributed by atoms with Gasteiger partial charge in [-0.15, -0.1) is 0 Å². The maximum atomic E-state index is 11.0. The van der Waals surface area contributed by atoms with Crippen LogP contribution in [0.15, 0.2) is 12.1 Å². The van der Waals surface area contributed by atoms with Crippen LogP contribution in [0.5, 0.6) is 11.5 Å². The summed E-state index contributed by atoms with van der Waals surface area (Å²) in [7, 11) is 0. The molecule has 0 radical (unpaired) electrons. The average Bonchev–Trinajstić information content (AvgIpc) is 3.05. The topological polar surface area (TPSA) is 55.8 Å². The third-order valence-corrected chi connectivity index (χ3v) is 3.81. The van der Waals surface area contributed by atoms with Crippen molar-refractivity contribution in [1.82, 2.24) is 0 Å². The van der Waals surface area contributed by atoms with Crippen LogP contribution < -0.4 is 9.47 Å². The Balaban J connectivity index is 1.96. The van der Waals surface area contributed by atoms with E-state index >= 15 is 0 Å². The Kier molecular flexibility index (Phi) is 2.65. The number of rotatable bonds is 4. The van der Waals surface area contributed by atoms with Crippen molar-refractivity contribution < 1.29 is 19.4 Å². The van der Waals surface area contributed by atoms with E-state index in [9.17, 15) is 4.79 Å². The van der Waals surface area contributed by atoms with E-state index < -0.39 is 5.97 Å². The Morgan fingerprint density at radius 1 is 1.44 bits per heavy atom. The predicted octanol–water partition coefficient (Wildman–Crippen LogP) is 2.69. The zero-order valence-electron chi connectivity index (χ0n) is 10.3. The quantitative estimate of drug-likeness (QED) is 0.890. The zero-order chi connectivity index (χ0) is 12.7. The minimum absolute atomic E-state index is 0.108. The third kappa shape index (κ3) is 1.92. The molecule has 1 aromatic rings. The number of aliphatic carboxylic acids is 1. The van der Waals surface area contributed by atoms with Crippen molar-refractivity contribution in [3.63, 3.8) is 0 Å². The van der Waals surface area contributed by atoms with Crippen molar-refractivity contribution in [3.05, 3.63) is 23.3 Å². The number of ether oxygens (including phenoxy) is 2. The average molecular weight is 248 g/mol. The van der Waals surface area contributed by atoms with Crippen LogP contribution in [-0.2, 0) is 4.79 Å². The fraction of sp³-hybridized carbons (Fsp3) is 0.500. The van der Waals surface area contributed by atoms with Gasteiger partial charge in [-0.3, -0.25) is 4.79 Å². The van der Waals surface area contributed by atoms with Gasteiger partial charge in [0.2, 0.25) is 6.79 Å². The van der Waals surface area contributed by atoms with Crippen LogP contribution in [0, 0.1) is 12.8 Å². The van der Waals surface area contributed by atoms with Gasteiger partial charge in [0.1, 0.15) is 0 Å². The lowest BCUT2D eigenvalue weighted by atomic mass is 9.87. The maximum absolute atomic E-state index is 11.0. The number of hydrogen-bond donors (Lipinski definition) is 1. The first-order chi connectivity index (χ1) is 8.66. The van der Waals surface area contributed by atoms with Crippen LogP contribution in [-0.4, -0.2) is 17.9 Å². The van der Waals surface area contributed by atoms with Gasteiger partial charge in [0.15, 0.2) is 11.5 Å². The lowest BCUT2D eigenvalue weighted by Crippen LogP contribution is -2.10. The van der Waals surface area contributed by atoms with Gasteiger partial charge in [0.05, 0.1) is 6.42 Å². The van der Waals surface area contributed by atoms with Crippen molar-refractivity contribution in [1.29, 1.82) is 0 Å². The molecule has 96 valence electrons. The minimum Gasteiger partial charge on any atom is -0.481 e. The molecule has 2 aliphatic rings. The fourth-order valence-electron chi connectivity index (χ4n) is 2.75. The summed E-state index contributed by atoms with van der Waals surface area (Å²) in [5, 5.41) is 9.05. The molecular formula is C14H16O4. The molecule has 1 aromatic carbocycles. The molecule has 1 atom stereocenters. The number of carboxylic acids is 1. The molecular weight excluding hydrogens is 232 g/mol. The first-order valence-electron chi connectivity index (χ1n) is 6.27. The van der Waals surface area contributed by atoms with Crippen LogP contribution in [0.1, 0.15) is 36.3 Å². The molecule has 1 aliphatic heterocycles. The summed E-state index contributed by atoms with van der Waals surface area (Å²) in [6.07, 6.45) is 2.46. The molecule has 18 heavy (non-hydrogen) atoms. The van der Waals surface area contributed by atoms with Crippen LogP contribution in [0.2, 0.25) is 0 Å². The molecule has 0 saturated heterocycles. The van der Waals surface area contributed by atoms with Crippen LogP contribution in [0.25, 0.3) is 0 Å². The van der Waals surface area contributed by atoms with Crippen molar-refractivity contribution in [2.45, 2.75) is 32.1 Å². The summed E-state index contributed by atoms with van der Waals surface area (Å²) in [5.74, 6) is 1.44. The first kappa shape index (κ1) is 11.4. The molecule has 1 N–H and O–H groups in total. The van der Waals surface area contributed by atoms with Gasteiger partial charge in [0.25, 0.3) is 0 Å². The van der Waals surface area contributed by atoms with E-state index in [0.717, 1.165) is 35.5 Å². The van der Waals surface area contributed by atoms with E-state index in [1.807, 2.05) is 19.1 Å². The number of hydrogen-bond acceptors (Lipinski definition) is 3. The summed E-state index contributed by atoms with van der Waals surface area (Å²) in [4.78, 5) is 11.0. The first-order valence-corrected chi connectivity index (χ1v) is 6.27. The second kappa shape index (κ2) is 4.19. The molecule has 0 amide bonds. The van der Waals surface area contributed by atoms with Crippen LogP contribution in [0.3, 0.4) is 0 Å². The summed E-state index contributed by atoms with van der Waals surface area (Å²) in [6, 6.07) is 3.89. The summed E-state index contributed by atoms with van der Waals surface area (Å²) >= 11 is 0. The van der Waals surface area contributed by atoms with E-state index in [1.54, 1.807) is 0 Å². The summed E-state index contributed by atoms with van der Waals surface area (Å²) in [5.41, 5.74) is 2.13. The lowest BCUT2D eigenvalue weighted by Gasteiger charge is -2.18. The molecule has 0 spiro atoms. The molecule has 0 bridgehead atoms. The molecule has 4 nitrogen and oxygen atoms in total. The molecule has 1 aliphatic carbocycles. The van der Waals surface area contributed by atoms with Gasteiger partial charge in [-0.05, 0) is 48.8 Å². The second-order valence-corrected chi connectivity index (χ2v) is 5.06. The molecule has 3 rings (SSSR count). The van der Waals surface area contributed by atoms with E-state index in [0.29, 0.717) is 5.92 Å². The second-order valence-electron chi connectivity index (χ2n) is 5.06. The van der Waals surface area contributed by atoms with E-state index in [-0.39, 0.29) is 19.1 Å². The highest BCUT2D eigenvalue weighted by atomic mass is 16.7. The van der Waals surface area contributed by atoms with E-state index in [2.05, 4.69) is 0 Å². The Bertz CT molecular complexity index is 491. The lowest BCUT2D eigenvalue weighted by molar-refractivity contribution is -0.137. The number of fused-ring (bicyclic) bond motifs is 1. The fourth-order valence-corrected chi connectivity index (χ4v) is 2.75. The summed E-state index contributed by atoms with van der Waals surface area (Å²) < 4.78 is 10.8. The van der Waals surface area contributed by atoms with Gasteiger partial charge in [-0.2, -0.15) is 0 Å². The maximum Gasteiger partial charge on any atom is 0.303 e. The number of carbonyl (C=O) groups is 1. The van der Waals surface area contributed by atoms with Crippen LogP contribution in [0.4, 0.5) is 0 Å². The molecule has 1 unspecified atom stereocenters. The smallest absolute Gasteiger partial charge is 0.303 e. The SMILES string of the molecule is Cc1c(C(CC(=O)O)C2CC2)ccc2c1OCO2. The van der Waals surface area contributed by atoms with Crippen molar-refractivity contribution in [3.8, 4) is 11.5 Å². The Hall–Kier alpha value is -1.71. The largest absolute Gasteiger partial charge is 0.481 e. The Morgan fingerprint density at radius 3 is 2.89 bits per heavy atom. The van der Waals surface area contributed by atoms with Crippen LogP contribution >= 0.6 is 0 Å². The number of benzene rings is 1. The number of carboxylic acid groups (broad SMARTS) is 1. The van der Waals surface area contributed by atoms with Gasteiger partial charge >= 0.3 is 5.97 Å². The Labute approximate surface area is 106 Å². The highest BCUT2D eigenvalue weighted by molar-refractivity contribution is 5.68. The van der Waals surface area contributed by atoms with Crippen molar-refractivity contribution in [2.75, 3.05) is 6.79 Å². The van der Waals surface area contributed by atoms with Gasteiger partial charge in [-0.1, -0.05) is 6.07 Å². The van der Waals surface area contributed by atoms with Gasteiger partial charge in [-0.25, -0.2) is 0 Å². The molecule has 4 heteroatoms. The predicted molar refractivity (Wildman–Crippen MR) is 65.0 cm³/mol. The molecule has 1 heterocycles. The molecule has 1 saturated carbocycles. The normalized spacial score (nSPS) is 18.7. The minimum atomic E-state index is -0.732. The Morgan fingerprint density at radius 2 is 2.22 bits per heavy atom. The summed E-state index contributed by atoms with van der Waals surface area (Å²) in [6.45, 7) is 2.24. The monoisotopic (exact) mass is 248 g/mol.